The third-order valence-corrected chi connectivity index (χ3v) is 2.83. The number of carbonyl (C=O) groups excluding carboxylic acids is 1. The van der Waals surface area contributed by atoms with Gasteiger partial charge in [-0.2, -0.15) is 0 Å². The number of aromatic nitrogens is 1. The first-order valence-electron chi connectivity index (χ1n) is 6.14. The molecule has 1 amide bonds. The zero-order valence-electron chi connectivity index (χ0n) is 10.7. The number of carboxylic acids is 1. The van der Waals surface area contributed by atoms with Crippen LogP contribution in [0, 0.1) is 0 Å². The van der Waals surface area contributed by atoms with Crippen molar-refractivity contribution in [1.29, 1.82) is 0 Å². The number of hydrogen-bond donors (Lipinski definition) is 2. The van der Waals surface area contributed by atoms with Crippen LogP contribution in [-0.4, -0.2) is 22.0 Å². The number of nitrogens with one attached hydrogen (secondary N) is 1. The third-order valence-electron chi connectivity index (χ3n) is 2.83. The molecule has 1 heterocycles. The fourth-order valence-corrected chi connectivity index (χ4v) is 1.87. The van der Waals surface area contributed by atoms with Gasteiger partial charge in [0.15, 0.2) is 0 Å². The molecular formula is C15H14N2O3. The zero-order chi connectivity index (χ0) is 14.4. The van der Waals surface area contributed by atoms with Crippen LogP contribution in [0.3, 0.4) is 0 Å². The molecule has 0 spiro atoms. The van der Waals surface area contributed by atoms with Gasteiger partial charge in [-0.1, -0.05) is 30.3 Å². The van der Waals surface area contributed by atoms with Gasteiger partial charge >= 0.3 is 5.97 Å². The predicted molar refractivity (Wildman–Crippen MR) is 74.3 cm³/mol. The lowest BCUT2D eigenvalue weighted by Crippen LogP contribution is -2.20. The second-order valence-corrected chi connectivity index (χ2v) is 4.30. The number of carboxylic acid groups (broad SMARTS) is 1. The summed E-state index contributed by atoms with van der Waals surface area (Å²) in [5.41, 5.74) is 1.16. The van der Waals surface area contributed by atoms with Crippen molar-refractivity contribution >= 4 is 17.6 Å². The van der Waals surface area contributed by atoms with Gasteiger partial charge in [0.1, 0.15) is 0 Å². The molecule has 102 valence electrons. The third kappa shape index (κ3) is 3.65. The van der Waals surface area contributed by atoms with E-state index in [0.29, 0.717) is 11.3 Å². The molecule has 20 heavy (non-hydrogen) atoms. The van der Waals surface area contributed by atoms with Crippen LogP contribution in [0.15, 0.2) is 54.9 Å². The minimum absolute atomic E-state index is 0.117. The highest BCUT2D eigenvalue weighted by Crippen LogP contribution is 2.20. The fraction of sp³-hybridized carbons (Fsp3) is 0.133. The molecule has 0 fully saturated rings. The van der Waals surface area contributed by atoms with Gasteiger partial charge in [0.2, 0.25) is 5.91 Å². The van der Waals surface area contributed by atoms with Crippen molar-refractivity contribution < 1.29 is 14.7 Å². The summed E-state index contributed by atoms with van der Waals surface area (Å²) in [7, 11) is 0. The normalized spacial score (nSPS) is 11.6. The molecule has 2 aromatic rings. The standard InChI is InChI=1S/C15H14N2O3/c18-14(17-12-7-4-8-16-10-12)9-13(15(19)20)11-5-2-1-3-6-11/h1-8,10,13H,9H2,(H,17,18)(H,19,20)/t13-/m0/s1. The number of amides is 1. The Morgan fingerprint density at radius 3 is 2.50 bits per heavy atom. The van der Waals surface area contributed by atoms with E-state index in [9.17, 15) is 14.7 Å². The molecule has 2 N–H and O–H groups in total. The molecule has 0 aliphatic rings. The van der Waals surface area contributed by atoms with Crippen LogP contribution in [0.25, 0.3) is 0 Å². The number of pyridine rings is 1. The van der Waals surface area contributed by atoms with E-state index in [1.54, 1.807) is 48.7 Å². The van der Waals surface area contributed by atoms with Crippen LogP contribution in [0.1, 0.15) is 17.9 Å². The van der Waals surface area contributed by atoms with E-state index >= 15 is 0 Å². The van der Waals surface area contributed by atoms with Crippen LogP contribution in [0.2, 0.25) is 0 Å². The minimum atomic E-state index is -1.02. The van der Waals surface area contributed by atoms with Crippen molar-refractivity contribution in [3.05, 3.63) is 60.4 Å². The van der Waals surface area contributed by atoms with Crippen molar-refractivity contribution in [3.8, 4) is 0 Å². The molecule has 0 aliphatic heterocycles. The highest BCUT2D eigenvalue weighted by molar-refractivity contribution is 5.94. The number of benzene rings is 1. The maximum absolute atomic E-state index is 11.9. The summed E-state index contributed by atoms with van der Waals surface area (Å²) < 4.78 is 0. The van der Waals surface area contributed by atoms with E-state index in [1.807, 2.05) is 0 Å². The van der Waals surface area contributed by atoms with Crippen LogP contribution >= 0.6 is 0 Å². The Kier molecular flexibility index (Phi) is 4.44. The Balaban J connectivity index is 2.06. The number of aliphatic carboxylic acids is 1. The van der Waals surface area contributed by atoms with Crippen molar-refractivity contribution in [3.63, 3.8) is 0 Å². The zero-order valence-corrected chi connectivity index (χ0v) is 10.7. The first-order valence-corrected chi connectivity index (χ1v) is 6.14. The van der Waals surface area contributed by atoms with Gasteiger partial charge in [0, 0.05) is 12.6 Å². The molecule has 5 heteroatoms. The molecule has 1 atom stereocenters. The van der Waals surface area contributed by atoms with Crippen molar-refractivity contribution in [2.75, 3.05) is 5.32 Å². The average molecular weight is 270 g/mol. The lowest BCUT2D eigenvalue weighted by molar-refractivity contribution is -0.140. The van der Waals surface area contributed by atoms with E-state index in [2.05, 4.69) is 10.3 Å². The van der Waals surface area contributed by atoms with Gasteiger partial charge in [-0.15, -0.1) is 0 Å². The van der Waals surface area contributed by atoms with Crippen LogP contribution < -0.4 is 5.32 Å². The fourth-order valence-electron chi connectivity index (χ4n) is 1.87. The van der Waals surface area contributed by atoms with Gasteiger partial charge in [-0.25, -0.2) is 0 Å². The van der Waals surface area contributed by atoms with E-state index < -0.39 is 11.9 Å². The quantitative estimate of drug-likeness (QED) is 0.873. The topological polar surface area (TPSA) is 79.3 Å². The van der Waals surface area contributed by atoms with Crippen LogP contribution in [0.5, 0.6) is 0 Å². The Hall–Kier alpha value is -2.69. The molecule has 1 aromatic heterocycles. The van der Waals surface area contributed by atoms with Crippen LogP contribution in [0.4, 0.5) is 5.69 Å². The van der Waals surface area contributed by atoms with Gasteiger partial charge in [0.25, 0.3) is 0 Å². The molecule has 0 saturated heterocycles. The van der Waals surface area contributed by atoms with E-state index in [1.165, 1.54) is 6.20 Å². The Morgan fingerprint density at radius 2 is 1.90 bits per heavy atom. The summed E-state index contributed by atoms with van der Waals surface area (Å²) in [6.07, 6.45) is 2.99. The second-order valence-electron chi connectivity index (χ2n) is 4.30. The minimum Gasteiger partial charge on any atom is -0.481 e. The summed E-state index contributed by atoms with van der Waals surface area (Å²) in [5, 5.41) is 11.9. The first-order chi connectivity index (χ1) is 9.66. The number of carbonyl (C=O) groups is 2. The summed E-state index contributed by atoms with van der Waals surface area (Å²) in [4.78, 5) is 27.1. The van der Waals surface area contributed by atoms with Gasteiger partial charge in [-0.3, -0.25) is 14.6 Å². The largest absolute Gasteiger partial charge is 0.481 e. The predicted octanol–water partition coefficient (Wildman–Crippen LogP) is 2.28. The Labute approximate surface area is 116 Å². The number of hydrogen-bond acceptors (Lipinski definition) is 3. The molecule has 1 aromatic carbocycles. The van der Waals surface area contributed by atoms with Gasteiger partial charge < -0.3 is 10.4 Å². The Morgan fingerprint density at radius 1 is 1.15 bits per heavy atom. The summed E-state index contributed by atoms with van der Waals surface area (Å²) >= 11 is 0. The van der Waals surface area contributed by atoms with Crippen LogP contribution in [-0.2, 0) is 9.59 Å². The first kappa shape index (κ1) is 13.7. The molecular weight excluding hydrogens is 256 g/mol. The second kappa shape index (κ2) is 6.47. The molecule has 0 bridgehead atoms. The maximum Gasteiger partial charge on any atom is 0.311 e. The highest BCUT2D eigenvalue weighted by Gasteiger charge is 2.23. The SMILES string of the molecule is O=C(C[C@H](C(=O)O)c1ccccc1)Nc1cccnc1. The molecule has 0 unspecified atom stereocenters. The summed E-state index contributed by atoms with van der Waals surface area (Å²) in [5.74, 6) is -2.22. The number of rotatable bonds is 5. The van der Waals surface area contributed by atoms with Crippen molar-refractivity contribution in [1.82, 2.24) is 4.98 Å². The van der Waals surface area contributed by atoms with Gasteiger partial charge in [0.05, 0.1) is 17.8 Å². The Bertz CT molecular complexity index is 585. The van der Waals surface area contributed by atoms with Crippen molar-refractivity contribution in [2.45, 2.75) is 12.3 Å². The maximum atomic E-state index is 11.9. The van der Waals surface area contributed by atoms with E-state index in [4.69, 9.17) is 0 Å². The summed E-state index contributed by atoms with van der Waals surface area (Å²) in [6.45, 7) is 0. The monoisotopic (exact) mass is 270 g/mol. The van der Waals surface area contributed by atoms with E-state index in [-0.39, 0.29) is 12.3 Å². The van der Waals surface area contributed by atoms with E-state index in [0.717, 1.165) is 0 Å². The number of anilines is 1. The lowest BCUT2D eigenvalue weighted by atomic mass is 9.95. The molecule has 0 saturated carbocycles. The average Bonchev–Trinajstić information content (AvgIpc) is 2.46. The molecule has 0 radical (unpaired) electrons. The highest BCUT2D eigenvalue weighted by atomic mass is 16.4. The smallest absolute Gasteiger partial charge is 0.311 e. The number of nitrogens with zero attached hydrogens (tertiary/aromatic N) is 1. The molecule has 5 nitrogen and oxygen atoms in total. The van der Waals surface area contributed by atoms with Crippen molar-refractivity contribution in [2.24, 2.45) is 0 Å². The molecule has 0 aliphatic carbocycles. The lowest BCUT2D eigenvalue weighted by Gasteiger charge is -2.12. The summed E-state index contributed by atoms with van der Waals surface area (Å²) in [6, 6.07) is 12.1. The molecule has 2 rings (SSSR count). The van der Waals surface area contributed by atoms with Gasteiger partial charge in [-0.05, 0) is 17.7 Å².